The number of hydrogen-bond acceptors (Lipinski definition) is 4. The first-order valence-electron chi connectivity index (χ1n) is 8.31. The van der Waals surface area contributed by atoms with E-state index in [1.807, 2.05) is 43.3 Å². The van der Waals surface area contributed by atoms with Crippen LogP contribution < -0.4 is 14.4 Å². The van der Waals surface area contributed by atoms with E-state index in [1.54, 1.807) is 6.92 Å². The molecular formula is C17H28N2O3S. The zero-order valence-electron chi connectivity index (χ0n) is 14.3. The van der Waals surface area contributed by atoms with Crippen LogP contribution in [-0.2, 0) is 10.0 Å². The lowest BCUT2D eigenvalue weighted by molar-refractivity contribution is 0.180. The van der Waals surface area contributed by atoms with Crippen molar-refractivity contribution in [2.24, 2.45) is 5.92 Å². The summed E-state index contributed by atoms with van der Waals surface area (Å²) in [6, 6.07) is 7.95. The largest absolute Gasteiger partial charge is 0.493 e. The van der Waals surface area contributed by atoms with E-state index in [0.29, 0.717) is 6.61 Å². The summed E-state index contributed by atoms with van der Waals surface area (Å²) in [4.78, 5) is 2.03. The highest BCUT2D eigenvalue weighted by molar-refractivity contribution is 7.89. The minimum Gasteiger partial charge on any atom is -0.493 e. The van der Waals surface area contributed by atoms with Crippen molar-refractivity contribution in [1.29, 1.82) is 0 Å². The fraction of sp³-hybridized carbons (Fsp3) is 0.647. The molecular weight excluding hydrogens is 312 g/mol. The summed E-state index contributed by atoms with van der Waals surface area (Å²) in [5.41, 5.74) is 1.09. The number of ether oxygens (including phenoxy) is 1. The topological polar surface area (TPSA) is 58.6 Å². The molecule has 5 nitrogen and oxygen atoms in total. The molecule has 1 aliphatic rings. The summed E-state index contributed by atoms with van der Waals surface area (Å²) in [6.45, 7) is 2.22. The van der Waals surface area contributed by atoms with Crippen LogP contribution in [0.3, 0.4) is 0 Å². The zero-order valence-corrected chi connectivity index (χ0v) is 15.1. The molecule has 0 aromatic heterocycles. The van der Waals surface area contributed by atoms with Gasteiger partial charge >= 0.3 is 0 Å². The van der Waals surface area contributed by atoms with Crippen LogP contribution in [0, 0.1) is 5.92 Å². The van der Waals surface area contributed by atoms with Crippen molar-refractivity contribution in [3.63, 3.8) is 0 Å². The Morgan fingerprint density at radius 2 is 2.00 bits per heavy atom. The molecule has 130 valence electrons. The maximum atomic E-state index is 11.8. The first-order valence-corrected chi connectivity index (χ1v) is 9.96. The standard InChI is InChI=1S/C17H28N2O3S/c1-4-23(20,21)18-17-11-6-5-8-14(17)13-22-16-10-7-9-15(12-16)19(2)3/h7,9-10,12,14,17-18H,4-6,8,11,13H2,1-3H3/t14-,17+/m0/s1. The molecule has 0 radical (unpaired) electrons. The fourth-order valence-corrected chi connectivity index (χ4v) is 3.87. The highest BCUT2D eigenvalue weighted by Gasteiger charge is 2.28. The van der Waals surface area contributed by atoms with E-state index < -0.39 is 10.0 Å². The van der Waals surface area contributed by atoms with Gasteiger partial charge in [0.05, 0.1) is 12.4 Å². The summed E-state index contributed by atoms with van der Waals surface area (Å²) in [5.74, 6) is 1.19. The smallest absolute Gasteiger partial charge is 0.211 e. The first kappa shape index (κ1) is 18.1. The van der Waals surface area contributed by atoms with Crippen LogP contribution in [0.2, 0.25) is 0 Å². The van der Waals surface area contributed by atoms with Gasteiger partial charge in [-0.2, -0.15) is 0 Å². The SMILES string of the molecule is CCS(=O)(=O)N[C@@H]1CCCC[C@H]1COc1cccc(N(C)C)c1. The lowest BCUT2D eigenvalue weighted by atomic mass is 9.86. The van der Waals surface area contributed by atoms with Gasteiger partial charge in [0.15, 0.2) is 0 Å². The number of nitrogens with zero attached hydrogens (tertiary/aromatic N) is 1. The molecule has 2 rings (SSSR count). The van der Waals surface area contributed by atoms with E-state index in [9.17, 15) is 8.42 Å². The Hall–Kier alpha value is -1.27. The Balaban J connectivity index is 1.98. The number of rotatable bonds is 7. The second-order valence-electron chi connectivity index (χ2n) is 6.38. The summed E-state index contributed by atoms with van der Waals surface area (Å²) in [7, 11) is 0.827. The van der Waals surface area contributed by atoms with Crippen molar-refractivity contribution in [2.75, 3.05) is 31.4 Å². The van der Waals surface area contributed by atoms with Crippen LogP contribution in [0.4, 0.5) is 5.69 Å². The van der Waals surface area contributed by atoms with E-state index in [4.69, 9.17) is 4.74 Å². The molecule has 1 aromatic carbocycles. The lowest BCUT2D eigenvalue weighted by Crippen LogP contribution is -2.44. The van der Waals surface area contributed by atoms with Crippen LogP contribution in [0.25, 0.3) is 0 Å². The average Bonchev–Trinajstić information content (AvgIpc) is 2.54. The zero-order chi connectivity index (χ0) is 16.9. The van der Waals surface area contributed by atoms with E-state index >= 15 is 0 Å². The molecule has 0 spiro atoms. The molecule has 2 atom stereocenters. The Morgan fingerprint density at radius 3 is 2.70 bits per heavy atom. The van der Waals surface area contributed by atoms with Crippen LogP contribution >= 0.6 is 0 Å². The molecule has 1 saturated carbocycles. The quantitative estimate of drug-likeness (QED) is 0.829. The summed E-state index contributed by atoms with van der Waals surface area (Å²) in [6.07, 6.45) is 4.11. The second-order valence-corrected chi connectivity index (χ2v) is 8.42. The van der Waals surface area contributed by atoms with Crippen molar-refractivity contribution in [3.05, 3.63) is 24.3 Å². The third-order valence-electron chi connectivity index (χ3n) is 4.42. The molecule has 1 aromatic rings. The molecule has 1 aliphatic carbocycles. The molecule has 0 aliphatic heterocycles. The number of hydrogen-bond donors (Lipinski definition) is 1. The van der Waals surface area contributed by atoms with E-state index in [-0.39, 0.29) is 17.7 Å². The predicted molar refractivity (Wildman–Crippen MR) is 94.6 cm³/mol. The number of benzene rings is 1. The van der Waals surface area contributed by atoms with Crippen LogP contribution in [0.5, 0.6) is 5.75 Å². The van der Waals surface area contributed by atoms with Gasteiger partial charge < -0.3 is 9.64 Å². The van der Waals surface area contributed by atoms with Crippen molar-refractivity contribution in [3.8, 4) is 5.75 Å². The molecule has 0 unspecified atom stereocenters. The van der Waals surface area contributed by atoms with Gasteiger partial charge in [0.25, 0.3) is 0 Å². The molecule has 0 amide bonds. The van der Waals surface area contributed by atoms with Gasteiger partial charge in [-0.1, -0.05) is 18.9 Å². The molecule has 0 saturated heterocycles. The fourth-order valence-electron chi connectivity index (χ4n) is 2.93. The molecule has 0 bridgehead atoms. The Morgan fingerprint density at radius 1 is 1.26 bits per heavy atom. The number of nitrogens with one attached hydrogen (secondary N) is 1. The highest BCUT2D eigenvalue weighted by atomic mass is 32.2. The lowest BCUT2D eigenvalue weighted by Gasteiger charge is -2.31. The maximum absolute atomic E-state index is 11.8. The normalized spacial score (nSPS) is 21.9. The van der Waals surface area contributed by atoms with Crippen LogP contribution in [-0.4, -0.2) is 40.9 Å². The summed E-state index contributed by atoms with van der Waals surface area (Å²) in [5, 5.41) is 0. The molecule has 23 heavy (non-hydrogen) atoms. The number of sulfonamides is 1. The van der Waals surface area contributed by atoms with Gasteiger partial charge in [-0.25, -0.2) is 13.1 Å². The van der Waals surface area contributed by atoms with Crippen molar-refractivity contribution in [2.45, 2.75) is 38.6 Å². The molecule has 1 fully saturated rings. The monoisotopic (exact) mass is 340 g/mol. The first-order chi connectivity index (χ1) is 10.9. The minimum absolute atomic E-state index is 0.00858. The summed E-state index contributed by atoms with van der Waals surface area (Å²) < 4.78 is 32.5. The van der Waals surface area contributed by atoms with Gasteiger partial charge in [-0.05, 0) is 31.9 Å². The van der Waals surface area contributed by atoms with Crippen LogP contribution in [0.15, 0.2) is 24.3 Å². The van der Waals surface area contributed by atoms with Crippen molar-refractivity contribution < 1.29 is 13.2 Å². The van der Waals surface area contributed by atoms with E-state index in [1.165, 1.54) is 0 Å². The number of anilines is 1. The molecule has 1 N–H and O–H groups in total. The summed E-state index contributed by atoms with van der Waals surface area (Å²) >= 11 is 0. The van der Waals surface area contributed by atoms with Crippen LogP contribution in [0.1, 0.15) is 32.6 Å². The van der Waals surface area contributed by atoms with Gasteiger partial charge in [-0.3, -0.25) is 0 Å². The minimum atomic E-state index is -3.17. The van der Waals surface area contributed by atoms with Crippen molar-refractivity contribution >= 4 is 15.7 Å². The van der Waals surface area contributed by atoms with Gasteiger partial charge in [0.2, 0.25) is 10.0 Å². The van der Waals surface area contributed by atoms with Gasteiger partial charge in [-0.15, -0.1) is 0 Å². The van der Waals surface area contributed by atoms with Gasteiger partial charge in [0.1, 0.15) is 5.75 Å². The molecule has 0 heterocycles. The van der Waals surface area contributed by atoms with Gasteiger partial charge in [0, 0.05) is 37.8 Å². The highest BCUT2D eigenvalue weighted by Crippen LogP contribution is 2.27. The van der Waals surface area contributed by atoms with E-state index in [2.05, 4.69) is 4.72 Å². The van der Waals surface area contributed by atoms with Crippen molar-refractivity contribution in [1.82, 2.24) is 4.72 Å². The average molecular weight is 340 g/mol. The maximum Gasteiger partial charge on any atom is 0.211 e. The predicted octanol–water partition coefficient (Wildman–Crippen LogP) is 2.63. The third kappa shape index (κ3) is 5.39. The Bertz CT molecular complexity index is 602. The van der Waals surface area contributed by atoms with E-state index in [0.717, 1.165) is 37.1 Å². The second kappa shape index (κ2) is 8.02. The Kier molecular flexibility index (Phi) is 6.30. The molecule has 6 heteroatoms. The third-order valence-corrected chi connectivity index (χ3v) is 5.84. The Labute approximate surface area is 140 Å².